The molecule has 4 aromatic heterocycles. The lowest BCUT2D eigenvalue weighted by Gasteiger charge is -2.01. The van der Waals surface area contributed by atoms with Crippen molar-refractivity contribution in [1.82, 2.24) is 14.0 Å². The topological polar surface area (TPSA) is 59.5 Å². The number of aromatic hydroxyl groups is 1. The van der Waals surface area contributed by atoms with Gasteiger partial charge in [0.05, 0.1) is 21.9 Å². The highest BCUT2D eigenvalue weighted by molar-refractivity contribution is 6.24. The van der Waals surface area contributed by atoms with E-state index in [1.807, 2.05) is 47.0 Å². The Morgan fingerprint density at radius 1 is 1.09 bits per heavy atom. The first-order chi connectivity index (χ1) is 10.7. The molecule has 5 rings (SSSR count). The van der Waals surface area contributed by atoms with Crippen molar-refractivity contribution >= 4 is 38.2 Å². The van der Waals surface area contributed by atoms with Gasteiger partial charge >= 0.3 is 0 Å². The summed E-state index contributed by atoms with van der Waals surface area (Å²) in [4.78, 5) is 17.3. The van der Waals surface area contributed by atoms with Crippen molar-refractivity contribution < 1.29 is 5.11 Å². The van der Waals surface area contributed by atoms with E-state index in [4.69, 9.17) is 4.98 Å². The molecule has 4 heterocycles. The van der Waals surface area contributed by atoms with E-state index in [2.05, 4.69) is 0 Å². The molecule has 0 atom stereocenters. The second-order valence-corrected chi connectivity index (χ2v) is 5.53. The van der Waals surface area contributed by atoms with Gasteiger partial charge in [-0.1, -0.05) is 18.2 Å². The zero-order valence-electron chi connectivity index (χ0n) is 11.7. The van der Waals surface area contributed by atoms with Crippen molar-refractivity contribution in [3.63, 3.8) is 0 Å². The van der Waals surface area contributed by atoms with Crippen molar-refractivity contribution in [2.45, 2.75) is 0 Å². The molecule has 1 N–H and O–H groups in total. The van der Waals surface area contributed by atoms with E-state index in [0.717, 1.165) is 27.3 Å². The van der Waals surface area contributed by atoms with E-state index in [1.54, 1.807) is 7.05 Å². The lowest BCUT2D eigenvalue weighted by Crippen LogP contribution is -2.09. The molecule has 0 aliphatic heterocycles. The van der Waals surface area contributed by atoms with Crippen molar-refractivity contribution in [3.05, 3.63) is 52.9 Å². The number of pyridine rings is 1. The summed E-state index contributed by atoms with van der Waals surface area (Å²) in [6, 6.07) is 11.6. The predicted octanol–water partition coefficient (Wildman–Crippen LogP) is 2.64. The van der Waals surface area contributed by atoms with Gasteiger partial charge < -0.3 is 9.51 Å². The monoisotopic (exact) mass is 289 g/mol. The number of hydrogen-bond donors (Lipinski definition) is 1. The van der Waals surface area contributed by atoms with Crippen LogP contribution < -0.4 is 5.56 Å². The van der Waals surface area contributed by atoms with Crippen LogP contribution in [0.4, 0.5) is 0 Å². The maximum atomic E-state index is 12.6. The third kappa shape index (κ3) is 1.12. The van der Waals surface area contributed by atoms with Crippen LogP contribution in [0.5, 0.6) is 5.88 Å². The van der Waals surface area contributed by atoms with Crippen molar-refractivity contribution in [1.29, 1.82) is 0 Å². The molecule has 0 radical (unpaired) electrons. The minimum absolute atomic E-state index is 0.0200. The van der Waals surface area contributed by atoms with Crippen LogP contribution in [-0.4, -0.2) is 19.1 Å². The van der Waals surface area contributed by atoms with Gasteiger partial charge in [-0.2, -0.15) is 0 Å². The summed E-state index contributed by atoms with van der Waals surface area (Å²) in [5.74, 6) is -0.0200. The summed E-state index contributed by atoms with van der Waals surface area (Å²) in [6.45, 7) is 0. The molecular formula is C17H11N3O2. The second-order valence-electron chi connectivity index (χ2n) is 5.53. The molecule has 5 heteroatoms. The molecule has 0 spiro atoms. The lowest BCUT2D eigenvalue weighted by atomic mass is 10.1. The van der Waals surface area contributed by atoms with Crippen LogP contribution in [-0.2, 0) is 7.05 Å². The Labute approximate surface area is 124 Å². The average Bonchev–Trinajstić information content (AvgIpc) is 3.19. The van der Waals surface area contributed by atoms with Gasteiger partial charge in [-0.15, -0.1) is 0 Å². The molecule has 0 aliphatic rings. The molecule has 22 heavy (non-hydrogen) atoms. The Hall–Kier alpha value is -3.08. The Balaban J connectivity index is 2.32. The van der Waals surface area contributed by atoms with Crippen molar-refractivity contribution in [3.8, 4) is 5.88 Å². The molecule has 0 bridgehead atoms. The van der Waals surface area contributed by atoms with Crippen LogP contribution in [0.1, 0.15) is 0 Å². The highest BCUT2D eigenvalue weighted by Crippen LogP contribution is 2.36. The van der Waals surface area contributed by atoms with Gasteiger partial charge in [0, 0.05) is 24.0 Å². The molecular weight excluding hydrogens is 278 g/mol. The number of hydrogen-bond acceptors (Lipinski definition) is 3. The molecule has 0 saturated heterocycles. The van der Waals surface area contributed by atoms with Crippen LogP contribution in [0.2, 0.25) is 0 Å². The van der Waals surface area contributed by atoms with E-state index in [9.17, 15) is 9.90 Å². The maximum absolute atomic E-state index is 12.6. The number of para-hydroxylation sites is 1. The smallest absolute Gasteiger partial charge is 0.263 e. The summed E-state index contributed by atoms with van der Waals surface area (Å²) < 4.78 is 3.12. The SMILES string of the molecule is Cn1c(O)c2c(c1=O)c1c3ccccc3nc1c1cccn12. The molecule has 0 amide bonds. The fourth-order valence-corrected chi connectivity index (χ4v) is 3.38. The number of benzene rings is 1. The quantitative estimate of drug-likeness (QED) is 0.477. The van der Waals surface area contributed by atoms with Crippen LogP contribution >= 0.6 is 0 Å². The van der Waals surface area contributed by atoms with Gasteiger partial charge in [-0.3, -0.25) is 9.36 Å². The Morgan fingerprint density at radius 3 is 2.77 bits per heavy atom. The number of rotatable bonds is 0. The van der Waals surface area contributed by atoms with Crippen LogP contribution in [0.25, 0.3) is 38.2 Å². The number of aromatic nitrogens is 3. The first-order valence-electron chi connectivity index (χ1n) is 7.01. The molecule has 5 aromatic rings. The van der Waals surface area contributed by atoms with Crippen LogP contribution in [0, 0.1) is 0 Å². The summed E-state index contributed by atoms with van der Waals surface area (Å²) in [6.07, 6.45) is 1.84. The molecule has 106 valence electrons. The number of nitrogens with zero attached hydrogens (tertiary/aromatic N) is 3. The molecule has 0 unspecified atom stereocenters. The van der Waals surface area contributed by atoms with Gasteiger partial charge in [-0.05, 0) is 18.2 Å². The zero-order valence-corrected chi connectivity index (χ0v) is 11.7. The maximum Gasteiger partial charge on any atom is 0.263 e. The minimum Gasteiger partial charge on any atom is -0.493 e. The highest BCUT2D eigenvalue weighted by atomic mass is 16.3. The lowest BCUT2D eigenvalue weighted by molar-refractivity contribution is 0.433. The van der Waals surface area contributed by atoms with E-state index >= 15 is 0 Å². The van der Waals surface area contributed by atoms with Crippen LogP contribution in [0.3, 0.4) is 0 Å². The third-order valence-corrected chi connectivity index (χ3v) is 4.41. The fraction of sp³-hybridized carbons (Fsp3) is 0.0588. The fourth-order valence-electron chi connectivity index (χ4n) is 3.38. The highest BCUT2D eigenvalue weighted by Gasteiger charge is 2.22. The van der Waals surface area contributed by atoms with Crippen molar-refractivity contribution in [2.75, 3.05) is 0 Å². The van der Waals surface area contributed by atoms with E-state index < -0.39 is 0 Å². The largest absolute Gasteiger partial charge is 0.493 e. The Bertz CT molecular complexity index is 1260. The van der Waals surface area contributed by atoms with Crippen molar-refractivity contribution in [2.24, 2.45) is 7.05 Å². The Kier molecular flexibility index (Phi) is 1.88. The number of fused-ring (bicyclic) bond motifs is 8. The predicted molar refractivity (Wildman–Crippen MR) is 85.8 cm³/mol. The average molecular weight is 289 g/mol. The van der Waals surface area contributed by atoms with E-state index in [0.29, 0.717) is 10.9 Å². The van der Waals surface area contributed by atoms with Gasteiger partial charge in [-0.25, -0.2) is 4.98 Å². The van der Waals surface area contributed by atoms with Gasteiger partial charge in [0.2, 0.25) is 5.88 Å². The minimum atomic E-state index is -0.203. The molecule has 1 aromatic carbocycles. The molecule has 0 aliphatic carbocycles. The zero-order chi connectivity index (χ0) is 15.0. The summed E-state index contributed by atoms with van der Waals surface area (Å²) >= 11 is 0. The molecule has 5 nitrogen and oxygen atoms in total. The third-order valence-electron chi connectivity index (χ3n) is 4.41. The summed E-state index contributed by atoms with van der Waals surface area (Å²) in [5.41, 5.74) is 2.88. The van der Waals surface area contributed by atoms with E-state index in [-0.39, 0.29) is 11.4 Å². The standard InChI is InChI=1S/C17H11N3O2/c1-19-16(21)13-12-9-5-2-3-6-10(9)18-14(12)11-7-4-8-20(11)15(13)17(19)22/h2-8,22H,1H3. The van der Waals surface area contributed by atoms with Gasteiger partial charge in [0.15, 0.2) is 0 Å². The van der Waals surface area contributed by atoms with Crippen LogP contribution in [0.15, 0.2) is 47.4 Å². The summed E-state index contributed by atoms with van der Waals surface area (Å²) in [7, 11) is 1.58. The van der Waals surface area contributed by atoms with Gasteiger partial charge in [0.25, 0.3) is 5.56 Å². The van der Waals surface area contributed by atoms with E-state index in [1.165, 1.54) is 4.57 Å². The van der Waals surface area contributed by atoms with Gasteiger partial charge in [0.1, 0.15) is 5.52 Å². The normalized spacial score (nSPS) is 12.2. The first kappa shape index (κ1) is 11.6. The first-order valence-corrected chi connectivity index (χ1v) is 7.01. The second kappa shape index (κ2) is 3.57. The molecule has 0 fully saturated rings. The summed E-state index contributed by atoms with van der Waals surface area (Å²) in [5, 5.41) is 12.7. The Morgan fingerprint density at radius 2 is 1.91 bits per heavy atom. The molecule has 0 saturated carbocycles.